The third-order valence-electron chi connectivity index (χ3n) is 3.76. The lowest BCUT2D eigenvalue weighted by Crippen LogP contribution is -2.33. The average molecular weight is 325 g/mol. The normalized spacial score (nSPS) is 21.5. The van der Waals surface area contributed by atoms with E-state index in [1.807, 2.05) is 0 Å². The van der Waals surface area contributed by atoms with Gasteiger partial charge in [0, 0.05) is 17.9 Å². The first kappa shape index (κ1) is 16.5. The summed E-state index contributed by atoms with van der Waals surface area (Å²) >= 11 is 0. The molecule has 0 aromatic heterocycles. The summed E-state index contributed by atoms with van der Waals surface area (Å²) in [5, 5.41) is 11.8. The van der Waals surface area contributed by atoms with Gasteiger partial charge in [-0.25, -0.2) is 8.42 Å². The van der Waals surface area contributed by atoms with Crippen molar-refractivity contribution in [3.63, 3.8) is 0 Å². The van der Waals surface area contributed by atoms with Crippen LogP contribution in [0.2, 0.25) is 0 Å². The highest BCUT2D eigenvalue weighted by Crippen LogP contribution is 2.25. The highest BCUT2D eigenvalue weighted by molar-refractivity contribution is 7.89. The molecule has 1 aliphatic carbocycles. The lowest BCUT2D eigenvalue weighted by atomic mass is 10.1. The first-order valence-electron chi connectivity index (χ1n) is 7.05. The molecule has 2 atom stereocenters. The highest BCUT2D eigenvalue weighted by Gasteiger charge is 2.30. The standard InChI is InChI=1S/C15H19NO5S/c1-22(20,21)9-10-2-4-11(5-3-10)14(17)16-13-7-6-12(8-13)15(18)19/h2-5,12-13H,6-9H2,1H3,(H,16,17)(H,18,19)/t12-,13+/m0/s1. The SMILES string of the molecule is CS(=O)(=O)Cc1ccc(C(=O)N[C@@H]2CC[C@H](C(=O)O)C2)cc1. The van der Waals surface area contributed by atoms with Gasteiger partial charge in [-0.1, -0.05) is 12.1 Å². The van der Waals surface area contributed by atoms with Crippen LogP contribution in [0.15, 0.2) is 24.3 Å². The van der Waals surface area contributed by atoms with Crippen LogP contribution in [0.25, 0.3) is 0 Å². The van der Waals surface area contributed by atoms with Gasteiger partial charge in [-0.15, -0.1) is 0 Å². The van der Waals surface area contributed by atoms with Crippen molar-refractivity contribution in [2.75, 3.05) is 6.26 Å². The molecule has 1 saturated carbocycles. The summed E-state index contributed by atoms with van der Waals surface area (Å²) in [5.41, 5.74) is 1.07. The number of rotatable bonds is 5. The van der Waals surface area contributed by atoms with E-state index in [-0.39, 0.29) is 23.6 Å². The number of amides is 1. The quantitative estimate of drug-likeness (QED) is 0.847. The minimum atomic E-state index is -3.10. The number of nitrogens with one attached hydrogen (secondary N) is 1. The van der Waals surface area contributed by atoms with Gasteiger partial charge < -0.3 is 10.4 Å². The summed E-state index contributed by atoms with van der Waals surface area (Å²) in [6.07, 6.45) is 2.85. The molecule has 0 radical (unpaired) electrons. The lowest BCUT2D eigenvalue weighted by molar-refractivity contribution is -0.141. The topological polar surface area (TPSA) is 101 Å². The molecule has 0 unspecified atom stereocenters. The van der Waals surface area contributed by atoms with Gasteiger partial charge >= 0.3 is 5.97 Å². The maximum Gasteiger partial charge on any atom is 0.306 e. The Morgan fingerprint density at radius 1 is 1.23 bits per heavy atom. The van der Waals surface area contributed by atoms with Crippen molar-refractivity contribution in [2.45, 2.75) is 31.1 Å². The molecule has 22 heavy (non-hydrogen) atoms. The van der Waals surface area contributed by atoms with Gasteiger partial charge in [0.25, 0.3) is 5.91 Å². The largest absolute Gasteiger partial charge is 0.481 e. The Morgan fingerprint density at radius 3 is 2.36 bits per heavy atom. The Bertz CT molecular complexity index is 666. The van der Waals surface area contributed by atoms with Crippen molar-refractivity contribution < 1.29 is 23.1 Å². The fraction of sp³-hybridized carbons (Fsp3) is 0.467. The molecular weight excluding hydrogens is 306 g/mol. The molecule has 0 spiro atoms. The molecule has 2 rings (SSSR count). The Morgan fingerprint density at radius 2 is 1.86 bits per heavy atom. The monoisotopic (exact) mass is 325 g/mol. The fourth-order valence-corrected chi connectivity index (χ4v) is 3.46. The molecule has 0 saturated heterocycles. The number of hydrogen-bond donors (Lipinski definition) is 2. The van der Waals surface area contributed by atoms with Crippen LogP contribution in [-0.2, 0) is 20.4 Å². The van der Waals surface area contributed by atoms with E-state index >= 15 is 0 Å². The third kappa shape index (κ3) is 4.56. The summed E-state index contributed by atoms with van der Waals surface area (Å²) in [4.78, 5) is 23.0. The van der Waals surface area contributed by atoms with E-state index in [2.05, 4.69) is 5.32 Å². The van der Waals surface area contributed by atoms with Crippen LogP contribution in [0.1, 0.15) is 35.2 Å². The van der Waals surface area contributed by atoms with E-state index < -0.39 is 15.8 Å². The molecule has 0 aliphatic heterocycles. The van der Waals surface area contributed by atoms with Crippen LogP contribution in [0.5, 0.6) is 0 Å². The van der Waals surface area contributed by atoms with Gasteiger partial charge in [-0.3, -0.25) is 9.59 Å². The van der Waals surface area contributed by atoms with Gasteiger partial charge in [0.15, 0.2) is 9.84 Å². The van der Waals surface area contributed by atoms with Gasteiger partial charge in [0.1, 0.15) is 0 Å². The highest BCUT2D eigenvalue weighted by atomic mass is 32.2. The van der Waals surface area contributed by atoms with Crippen molar-refractivity contribution in [1.82, 2.24) is 5.32 Å². The Hall–Kier alpha value is -1.89. The number of carbonyl (C=O) groups excluding carboxylic acids is 1. The summed E-state index contributed by atoms with van der Waals surface area (Å²) in [6.45, 7) is 0. The molecule has 1 fully saturated rings. The maximum absolute atomic E-state index is 12.1. The number of carbonyl (C=O) groups is 2. The van der Waals surface area contributed by atoms with Crippen molar-refractivity contribution >= 4 is 21.7 Å². The molecule has 0 bridgehead atoms. The van der Waals surface area contributed by atoms with Crippen LogP contribution in [0.4, 0.5) is 0 Å². The van der Waals surface area contributed by atoms with E-state index in [0.717, 1.165) is 6.26 Å². The molecule has 2 N–H and O–H groups in total. The Labute approximate surface area is 129 Å². The van der Waals surface area contributed by atoms with Crippen LogP contribution >= 0.6 is 0 Å². The second-order valence-corrected chi connectivity index (χ2v) is 7.93. The second-order valence-electron chi connectivity index (χ2n) is 5.79. The summed E-state index contributed by atoms with van der Waals surface area (Å²) in [7, 11) is -3.10. The van der Waals surface area contributed by atoms with Crippen LogP contribution < -0.4 is 5.32 Å². The van der Waals surface area contributed by atoms with Crippen LogP contribution in [0, 0.1) is 5.92 Å². The van der Waals surface area contributed by atoms with E-state index in [4.69, 9.17) is 5.11 Å². The smallest absolute Gasteiger partial charge is 0.306 e. The Kier molecular flexibility index (Phi) is 4.85. The lowest BCUT2D eigenvalue weighted by Gasteiger charge is -2.12. The molecule has 7 heteroatoms. The fourth-order valence-electron chi connectivity index (χ4n) is 2.66. The summed E-state index contributed by atoms with van der Waals surface area (Å²) in [6, 6.07) is 6.28. The van der Waals surface area contributed by atoms with E-state index in [9.17, 15) is 18.0 Å². The van der Waals surface area contributed by atoms with Crippen LogP contribution in [-0.4, -0.2) is 37.7 Å². The summed E-state index contributed by atoms with van der Waals surface area (Å²) in [5.74, 6) is -1.52. The second kappa shape index (κ2) is 6.48. The number of aliphatic carboxylic acids is 1. The van der Waals surface area contributed by atoms with E-state index in [0.29, 0.717) is 30.4 Å². The van der Waals surface area contributed by atoms with Crippen molar-refractivity contribution in [1.29, 1.82) is 0 Å². The van der Waals surface area contributed by atoms with Crippen LogP contribution in [0.3, 0.4) is 0 Å². The minimum absolute atomic E-state index is 0.0577. The van der Waals surface area contributed by atoms with Gasteiger partial charge in [-0.2, -0.15) is 0 Å². The van der Waals surface area contributed by atoms with Crippen molar-refractivity contribution in [2.24, 2.45) is 5.92 Å². The molecular formula is C15H19NO5S. The van der Waals surface area contributed by atoms with Gasteiger partial charge in [0.05, 0.1) is 11.7 Å². The summed E-state index contributed by atoms with van der Waals surface area (Å²) < 4.78 is 22.4. The van der Waals surface area contributed by atoms with Crippen molar-refractivity contribution in [3.8, 4) is 0 Å². The zero-order valence-electron chi connectivity index (χ0n) is 12.3. The zero-order chi connectivity index (χ0) is 16.3. The van der Waals surface area contributed by atoms with Gasteiger partial charge in [-0.05, 0) is 37.0 Å². The Balaban J connectivity index is 1.95. The number of sulfone groups is 1. The number of benzene rings is 1. The minimum Gasteiger partial charge on any atom is -0.481 e. The first-order valence-corrected chi connectivity index (χ1v) is 9.11. The number of carboxylic acids is 1. The number of hydrogen-bond acceptors (Lipinski definition) is 4. The van der Waals surface area contributed by atoms with Gasteiger partial charge in [0.2, 0.25) is 0 Å². The maximum atomic E-state index is 12.1. The molecule has 0 heterocycles. The first-order chi connectivity index (χ1) is 10.2. The van der Waals surface area contributed by atoms with Crippen molar-refractivity contribution in [3.05, 3.63) is 35.4 Å². The molecule has 1 amide bonds. The van der Waals surface area contributed by atoms with E-state index in [1.165, 1.54) is 0 Å². The average Bonchev–Trinajstić information content (AvgIpc) is 2.86. The zero-order valence-corrected chi connectivity index (χ0v) is 13.1. The predicted octanol–water partition coefficient (Wildman–Crippen LogP) is 1.21. The molecule has 1 aliphatic rings. The third-order valence-corrected chi connectivity index (χ3v) is 4.62. The molecule has 1 aromatic carbocycles. The van der Waals surface area contributed by atoms with E-state index in [1.54, 1.807) is 24.3 Å². The molecule has 1 aromatic rings. The molecule has 6 nitrogen and oxygen atoms in total. The number of carboxylic acid groups (broad SMARTS) is 1. The molecule has 120 valence electrons. The predicted molar refractivity (Wildman–Crippen MR) is 81.2 cm³/mol.